The zero-order valence-electron chi connectivity index (χ0n) is 10.9. The van der Waals surface area contributed by atoms with Gasteiger partial charge in [-0.15, -0.1) is 0 Å². The molecule has 0 amide bonds. The van der Waals surface area contributed by atoms with E-state index >= 15 is 0 Å². The summed E-state index contributed by atoms with van der Waals surface area (Å²) in [5.41, 5.74) is 2.72. The van der Waals surface area contributed by atoms with E-state index in [0.29, 0.717) is 0 Å². The van der Waals surface area contributed by atoms with E-state index in [0.717, 1.165) is 0 Å². The molecule has 0 aromatic heterocycles. The van der Waals surface area contributed by atoms with Crippen LogP contribution in [0.3, 0.4) is 0 Å². The predicted molar refractivity (Wildman–Crippen MR) is 87.9 cm³/mol. The number of hydrogen-bond donors (Lipinski definition) is 0. The largest absolute Gasteiger partial charge is 0.0616 e. The van der Waals surface area contributed by atoms with Crippen molar-refractivity contribution < 1.29 is 0 Å². The normalized spacial score (nSPS) is 12.8. The lowest BCUT2D eigenvalue weighted by molar-refractivity contribution is 1.75. The molecular weight excluding hydrogens is 240 g/mol. The summed E-state index contributed by atoms with van der Waals surface area (Å²) >= 11 is 0. The van der Waals surface area contributed by atoms with Crippen LogP contribution in [0.2, 0.25) is 0 Å². The highest BCUT2D eigenvalue weighted by molar-refractivity contribution is 6.22. The number of rotatable bonds is 0. The van der Waals surface area contributed by atoms with Gasteiger partial charge in [0.1, 0.15) is 0 Å². The van der Waals surface area contributed by atoms with Crippen LogP contribution >= 0.6 is 0 Å². The average molecular weight is 252 g/mol. The quantitative estimate of drug-likeness (QED) is 0.247. The van der Waals surface area contributed by atoms with Crippen LogP contribution < -0.4 is 0 Å². The van der Waals surface area contributed by atoms with Gasteiger partial charge in [-0.2, -0.15) is 0 Å². The van der Waals surface area contributed by atoms with Crippen LogP contribution in [0.15, 0.2) is 60.7 Å². The standard InChI is InChI=1S/C20H12/c1-4-8-17-13(5-1)11-15-9-10-18-16-7-3-2-6-14(16)12-19(17)20(15)18/h1-12H. The van der Waals surface area contributed by atoms with Crippen molar-refractivity contribution in [3.05, 3.63) is 71.8 Å². The van der Waals surface area contributed by atoms with Crippen molar-refractivity contribution in [2.45, 2.75) is 0 Å². The lowest BCUT2D eigenvalue weighted by Gasteiger charge is -2.10. The first kappa shape index (κ1) is 10.2. The lowest BCUT2D eigenvalue weighted by Crippen LogP contribution is -1.84. The molecule has 0 fully saturated rings. The maximum atomic E-state index is 2.34. The van der Waals surface area contributed by atoms with Gasteiger partial charge in [0.2, 0.25) is 0 Å². The van der Waals surface area contributed by atoms with Crippen molar-refractivity contribution in [3.63, 3.8) is 0 Å². The summed E-state index contributed by atoms with van der Waals surface area (Å²) in [6, 6.07) is 22.0. The first-order valence-corrected chi connectivity index (χ1v) is 6.97. The topological polar surface area (TPSA) is 0 Å². The molecule has 0 heteroatoms. The van der Waals surface area contributed by atoms with E-state index in [4.69, 9.17) is 0 Å². The molecule has 0 saturated carbocycles. The molecule has 0 aliphatic heterocycles. The molecule has 5 rings (SSSR count). The van der Waals surface area contributed by atoms with Crippen LogP contribution in [0.25, 0.3) is 44.5 Å². The molecule has 0 heterocycles. The van der Waals surface area contributed by atoms with Crippen molar-refractivity contribution in [2.75, 3.05) is 0 Å². The second kappa shape index (κ2) is 3.49. The van der Waals surface area contributed by atoms with Crippen LogP contribution in [-0.4, -0.2) is 0 Å². The molecule has 1 aliphatic carbocycles. The Morgan fingerprint density at radius 1 is 0.550 bits per heavy atom. The van der Waals surface area contributed by atoms with Crippen LogP contribution in [-0.2, 0) is 0 Å². The van der Waals surface area contributed by atoms with Gasteiger partial charge in [0.15, 0.2) is 0 Å². The molecule has 0 unspecified atom stereocenters. The maximum Gasteiger partial charge on any atom is -0.00259 e. The highest BCUT2D eigenvalue weighted by atomic mass is 14.2. The Kier molecular flexibility index (Phi) is 1.78. The fraction of sp³-hybridized carbons (Fsp3) is 0. The second-order valence-corrected chi connectivity index (χ2v) is 5.45. The zero-order chi connectivity index (χ0) is 13.1. The molecule has 0 nitrogen and oxygen atoms in total. The number of benzene rings is 4. The van der Waals surface area contributed by atoms with Gasteiger partial charge in [0.25, 0.3) is 0 Å². The summed E-state index contributed by atoms with van der Waals surface area (Å²) < 4.78 is 0. The van der Waals surface area contributed by atoms with E-state index in [9.17, 15) is 0 Å². The molecule has 0 bridgehead atoms. The van der Waals surface area contributed by atoms with Crippen LogP contribution in [0.1, 0.15) is 11.1 Å². The third-order valence-corrected chi connectivity index (χ3v) is 4.37. The SMILES string of the molecule is C1=Cc2c3ccccc3cc3c2c1cc1ccccc13. The van der Waals surface area contributed by atoms with Crippen LogP contribution in [0, 0.1) is 0 Å². The summed E-state index contributed by atoms with van der Waals surface area (Å²) in [4.78, 5) is 0. The average Bonchev–Trinajstić information content (AvgIpc) is 2.92. The first-order valence-electron chi connectivity index (χ1n) is 6.97. The Balaban J connectivity index is 2.17. The first-order chi connectivity index (χ1) is 9.92. The highest BCUT2D eigenvalue weighted by Gasteiger charge is 2.14. The minimum atomic E-state index is 1.32. The van der Waals surface area contributed by atoms with Crippen molar-refractivity contribution in [3.8, 4) is 0 Å². The third kappa shape index (κ3) is 1.16. The number of fused-ring (bicyclic) bond motifs is 4. The zero-order valence-corrected chi connectivity index (χ0v) is 10.9. The Bertz CT molecular complexity index is 1040. The Morgan fingerprint density at radius 2 is 1.25 bits per heavy atom. The number of hydrogen-bond acceptors (Lipinski definition) is 0. The molecule has 0 N–H and O–H groups in total. The van der Waals surface area contributed by atoms with Gasteiger partial charge in [-0.05, 0) is 55.6 Å². The van der Waals surface area contributed by atoms with Gasteiger partial charge >= 0.3 is 0 Å². The van der Waals surface area contributed by atoms with E-state index < -0.39 is 0 Å². The smallest absolute Gasteiger partial charge is 0.00259 e. The van der Waals surface area contributed by atoms with Crippen LogP contribution in [0.5, 0.6) is 0 Å². The summed E-state index contributed by atoms with van der Waals surface area (Å²) in [5, 5.41) is 8.12. The van der Waals surface area contributed by atoms with Gasteiger partial charge in [-0.25, -0.2) is 0 Å². The fourth-order valence-electron chi connectivity index (χ4n) is 3.48. The maximum absolute atomic E-state index is 2.34. The van der Waals surface area contributed by atoms with Crippen molar-refractivity contribution >= 4 is 44.5 Å². The van der Waals surface area contributed by atoms with Gasteiger partial charge in [-0.3, -0.25) is 0 Å². The van der Waals surface area contributed by atoms with E-state index in [1.54, 1.807) is 0 Å². The van der Waals surface area contributed by atoms with Gasteiger partial charge in [0.05, 0.1) is 0 Å². The summed E-state index contributed by atoms with van der Waals surface area (Å²) in [7, 11) is 0. The molecule has 92 valence electrons. The van der Waals surface area contributed by atoms with Gasteiger partial charge in [0, 0.05) is 0 Å². The van der Waals surface area contributed by atoms with Gasteiger partial charge in [-0.1, -0.05) is 60.7 Å². The van der Waals surface area contributed by atoms with E-state index in [1.807, 2.05) is 0 Å². The van der Waals surface area contributed by atoms with E-state index in [2.05, 4.69) is 72.8 Å². The van der Waals surface area contributed by atoms with Crippen molar-refractivity contribution in [2.24, 2.45) is 0 Å². The monoisotopic (exact) mass is 252 g/mol. The second-order valence-electron chi connectivity index (χ2n) is 5.45. The Labute approximate surface area is 117 Å². The van der Waals surface area contributed by atoms with Gasteiger partial charge < -0.3 is 0 Å². The molecule has 1 aliphatic rings. The molecule has 0 spiro atoms. The highest BCUT2D eigenvalue weighted by Crippen LogP contribution is 2.40. The summed E-state index contributed by atoms with van der Waals surface area (Å²) in [6.45, 7) is 0. The molecular formula is C20H12. The molecule has 0 saturated heterocycles. The minimum Gasteiger partial charge on any atom is -0.0616 e. The minimum absolute atomic E-state index is 1.32. The Hall–Kier alpha value is -2.60. The van der Waals surface area contributed by atoms with Crippen LogP contribution in [0.4, 0.5) is 0 Å². The fourth-order valence-corrected chi connectivity index (χ4v) is 3.48. The Morgan fingerprint density at radius 3 is 2.10 bits per heavy atom. The van der Waals surface area contributed by atoms with Crippen molar-refractivity contribution in [1.29, 1.82) is 0 Å². The summed E-state index contributed by atoms with van der Waals surface area (Å²) in [6.07, 6.45) is 4.51. The van der Waals surface area contributed by atoms with E-state index in [1.165, 1.54) is 43.4 Å². The van der Waals surface area contributed by atoms with Crippen molar-refractivity contribution in [1.82, 2.24) is 0 Å². The molecule has 20 heavy (non-hydrogen) atoms. The van der Waals surface area contributed by atoms with E-state index in [-0.39, 0.29) is 0 Å². The lowest BCUT2D eigenvalue weighted by atomic mass is 9.93. The molecule has 0 atom stereocenters. The summed E-state index contributed by atoms with van der Waals surface area (Å²) in [5.74, 6) is 0. The predicted octanol–water partition coefficient (Wildman–Crippen LogP) is 5.63. The third-order valence-electron chi connectivity index (χ3n) is 4.37. The molecule has 4 aromatic rings. The molecule has 4 aromatic carbocycles. The molecule has 0 radical (unpaired) electrons.